The quantitative estimate of drug-likeness (QED) is 0.577. The molecule has 9 nitrogen and oxygen atoms in total. The normalized spacial score (nSPS) is 20.3. The van der Waals surface area contributed by atoms with Crippen molar-refractivity contribution in [1.82, 2.24) is 25.2 Å². The number of aromatic nitrogens is 3. The average Bonchev–Trinajstić information content (AvgIpc) is 3.31. The van der Waals surface area contributed by atoms with Gasteiger partial charge in [-0.25, -0.2) is 9.50 Å². The number of piperidine rings is 1. The molecular weight excluding hydrogens is 430 g/mol. The van der Waals surface area contributed by atoms with Crippen molar-refractivity contribution in [1.29, 1.82) is 5.26 Å². The van der Waals surface area contributed by atoms with Crippen molar-refractivity contribution >= 4 is 11.3 Å². The number of nitriles is 1. The van der Waals surface area contributed by atoms with E-state index < -0.39 is 0 Å². The zero-order valence-corrected chi connectivity index (χ0v) is 19.8. The van der Waals surface area contributed by atoms with Gasteiger partial charge in [0.05, 0.1) is 30.1 Å². The van der Waals surface area contributed by atoms with E-state index in [1.54, 1.807) is 10.7 Å². The van der Waals surface area contributed by atoms with E-state index in [0.29, 0.717) is 24.5 Å². The third kappa shape index (κ3) is 4.57. The Kier molecular flexibility index (Phi) is 6.37. The van der Waals surface area contributed by atoms with Crippen LogP contribution in [0.3, 0.4) is 0 Å². The first-order valence-corrected chi connectivity index (χ1v) is 11.9. The van der Waals surface area contributed by atoms with Crippen LogP contribution in [0.4, 0.5) is 5.82 Å². The van der Waals surface area contributed by atoms with Gasteiger partial charge in [-0.05, 0) is 45.0 Å². The molecule has 3 aromatic rings. The molecule has 2 aliphatic heterocycles. The predicted molar refractivity (Wildman–Crippen MR) is 130 cm³/mol. The van der Waals surface area contributed by atoms with E-state index in [1.165, 1.54) is 0 Å². The highest BCUT2D eigenvalue weighted by atomic mass is 16.5. The third-order valence-electron chi connectivity index (χ3n) is 7.00. The first kappa shape index (κ1) is 22.6. The van der Waals surface area contributed by atoms with E-state index >= 15 is 0 Å². The van der Waals surface area contributed by atoms with Crippen LogP contribution < -0.4 is 20.3 Å². The predicted octanol–water partition coefficient (Wildman–Crippen LogP) is 2.21. The summed E-state index contributed by atoms with van der Waals surface area (Å²) >= 11 is 0. The Morgan fingerprint density at radius 3 is 2.85 bits per heavy atom. The van der Waals surface area contributed by atoms with Crippen molar-refractivity contribution in [3.8, 4) is 22.9 Å². The summed E-state index contributed by atoms with van der Waals surface area (Å²) in [5.74, 6) is 1.65. The lowest BCUT2D eigenvalue weighted by Crippen LogP contribution is -2.50. The number of morpholine rings is 1. The van der Waals surface area contributed by atoms with Crippen LogP contribution in [-0.2, 0) is 4.74 Å². The van der Waals surface area contributed by atoms with Gasteiger partial charge in [-0.1, -0.05) is 0 Å². The molecule has 3 aromatic heterocycles. The lowest BCUT2D eigenvalue weighted by molar-refractivity contribution is 0.000108. The SMILES string of the molecule is CNC1(C)CCN(c2ccc(-c3cc(OCC4CNCCO4)cn4ncc(C#N)c34)cn2)CC1. The Hall–Kier alpha value is -3.19. The molecule has 0 saturated carbocycles. The molecule has 0 aliphatic carbocycles. The van der Waals surface area contributed by atoms with Gasteiger partial charge in [0, 0.05) is 49.0 Å². The Balaban J connectivity index is 1.40. The molecule has 0 aromatic carbocycles. The van der Waals surface area contributed by atoms with Crippen LogP contribution in [-0.4, -0.2) is 72.7 Å². The highest BCUT2D eigenvalue weighted by molar-refractivity contribution is 5.85. The van der Waals surface area contributed by atoms with Gasteiger partial charge in [0.25, 0.3) is 0 Å². The maximum absolute atomic E-state index is 9.63. The molecule has 2 fully saturated rings. The second-order valence-electron chi connectivity index (χ2n) is 9.26. The molecular formula is C25H31N7O2. The fourth-order valence-corrected chi connectivity index (χ4v) is 4.61. The van der Waals surface area contributed by atoms with E-state index in [4.69, 9.17) is 14.5 Å². The highest BCUT2D eigenvalue weighted by Crippen LogP contribution is 2.32. The largest absolute Gasteiger partial charge is 0.489 e. The summed E-state index contributed by atoms with van der Waals surface area (Å²) < 4.78 is 13.5. The second-order valence-corrected chi connectivity index (χ2v) is 9.26. The number of fused-ring (bicyclic) bond motifs is 1. The topological polar surface area (TPSA) is 99.7 Å². The fourth-order valence-electron chi connectivity index (χ4n) is 4.61. The first-order chi connectivity index (χ1) is 16.6. The molecule has 2 N–H and O–H groups in total. The summed E-state index contributed by atoms with van der Waals surface area (Å²) in [4.78, 5) is 7.10. The molecule has 1 atom stereocenters. The lowest BCUT2D eigenvalue weighted by Gasteiger charge is -2.39. The van der Waals surface area contributed by atoms with Crippen LogP contribution in [0.2, 0.25) is 0 Å². The number of ether oxygens (including phenoxy) is 2. The van der Waals surface area contributed by atoms with Gasteiger partial charge in [0.15, 0.2) is 0 Å². The molecule has 0 amide bonds. The van der Waals surface area contributed by atoms with Crippen LogP contribution in [0.1, 0.15) is 25.3 Å². The first-order valence-electron chi connectivity index (χ1n) is 11.9. The van der Waals surface area contributed by atoms with Crippen molar-refractivity contribution in [3.05, 3.63) is 42.4 Å². The minimum atomic E-state index is 0.00967. The summed E-state index contributed by atoms with van der Waals surface area (Å²) in [6, 6.07) is 8.34. The number of anilines is 1. The van der Waals surface area contributed by atoms with Crippen molar-refractivity contribution in [2.45, 2.75) is 31.4 Å². The molecule has 5 heterocycles. The van der Waals surface area contributed by atoms with Crippen molar-refractivity contribution in [2.75, 3.05) is 51.3 Å². The summed E-state index contributed by atoms with van der Waals surface area (Å²) in [5, 5.41) is 20.8. The summed E-state index contributed by atoms with van der Waals surface area (Å²) in [6.07, 6.45) is 7.44. The number of hydrogen-bond donors (Lipinski definition) is 2. The molecule has 2 aliphatic rings. The van der Waals surface area contributed by atoms with Crippen molar-refractivity contribution in [3.63, 3.8) is 0 Å². The van der Waals surface area contributed by atoms with Crippen molar-refractivity contribution in [2.24, 2.45) is 0 Å². The summed E-state index contributed by atoms with van der Waals surface area (Å²) in [6.45, 7) is 6.98. The zero-order valence-electron chi connectivity index (χ0n) is 19.8. The Labute approximate surface area is 199 Å². The summed E-state index contributed by atoms with van der Waals surface area (Å²) in [5.41, 5.74) is 3.26. The zero-order chi connectivity index (χ0) is 23.5. The smallest absolute Gasteiger partial charge is 0.138 e. The Morgan fingerprint density at radius 2 is 2.18 bits per heavy atom. The molecule has 1 unspecified atom stereocenters. The molecule has 5 rings (SSSR count). The standard InChI is InChI=1S/C25H31N7O2/c1-25(27-2)5-8-31(9-6-25)23-4-3-18(13-29-23)22-11-20(34-17-21-15-28-7-10-33-21)16-32-24(22)19(12-26)14-30-32/h3-4,11,13-14,16,21,27-28H,5-10,15,17H2,1-2H3. The maximum Gasteiger partial charge on any atom is 0.138 e. The minimum absolute atomic E-state index is 0.00967. The van der Waals surface area contributed by atoms with E-state index in [2.05, 4.69) is 45.8 Å². The Bertz CT molecular complexity index is 1170. The number of nitrogens with zero attached hydrogens (tertiary/aromatic N) is 5. The molecule has 0 spiro atoms. The summed E-state index contributed by atoms with van der Waals surface area (Å²) in [7, 11) is 2.03. The van der Waals surface area contributed by atoms with E-state index in [9.17, 15) is 5.26 Å². The second kappa shape index (κ2) is 9.58. The van der Waals surface area contributed by atoms with Crippen LogP contribution in [0.25, 0.3) is 16.6 Å². The van der Waals surface area contributed by atoms with Gasteiger partial charge < -0.3 is 25.0 Å². The van der Waals surface area contributed by atoms with Gasteiger partial charge >= 0.3 is 0 Å². The van der Waals surface area contributed by atoms with Gasteiger partial charge in [0.2, 0.25) is 0 Å². The van der Waals surface area contributed by atoms with Crippen LogP contribution in [0.15, 0.2) is 36.8 Å². The van der Waals surface area contributed by atoms with Crippen molar-refractivity contribution < 1.29 is 9.47 Å². The Morgan fingerprint density at radius 1 is 1.32 bits per heavy atom. The molecule has 2 saturated heterocycles. The number of nitrogens with one attached hydrogen (secondary N) is 2. The number of pyridine rings is 2. The van der Waals surface area contributed by atoms with Crippen LogP contribution in [0.5, 0.6) is 5.75 Å². The fraction of sp³-hybridized carbons (Fsp3) is 0.480. The highest BCUT2D eigenvalue weighted by Gasteiger charge is 2.28. The molecule has 178 valence electrons. The number of hydrogen-bond acceptors (Lipinski definition) is 8. The molecule has 34 heavy (non-hydrogen) atoms. The lowest BCUT2D eigenvalue weighted by atomic mass is 9.90. The minimum Gasteiger partial charge on any atom is -0.489 e. The van der Waals surface area contributed by atoms with E-state index in [0.717, 1.165) is 61.5 Å². The van der Waals surface area contributed by atoms with Crippen LogP contribution in [0, 0.1) is 11.3 Å². The maximum atomic E-state index is 9.63. The van der Waals surface area contributed by atoms with Gasteiger partial charge in [-0.15, -0.1) is 0 Å². The number of rotatable bonds is 6. The molecule has 0 bridgehead atoms. The third-order valence-corrected chi connectivity index (χ3v) is 7.00. The van der Waals surface area contributed by atoms with Gasteiger partial charge in [0.1, 0.15) is 30.3 Å². The van der Waals surface area contributed by atoms with Crippen LogP contribution >= 0.6 is 0 Å². The molecule has 9 heteroatoms. The molecule has 0 radical (unpaired) electrons. The van der Waals surface area contributed by atoms with Gasteiger partial charge in [-0.3, -0.25) is 0 Å². The van der Waals surface area contributed by atoms with E-state index in [-0.39, 0.29) is 11.6 Å². The van der Waals surface area contributed by atoms with Gasteiger partial charge in [-0.2, -0.15) is 10.4 Å². The van der Waals surface area contributed by atoms with E-state index in [1.807, 2.05) is 25.5 Å². The monoisotopic (exact) mass is 461 g/mol. The average molecular weight is 462 g/mol.